The lowest BCUT2D eigenvalue weighted by Gasteiger charge is -2.19. The van der Waals surface area contributed by atoms with Crippen LogP contribution in [0.5, 0.6) is 0 Å². The molecule has 0 N–H and O–H groups in total. The quantitative estimate of drug-likeness (QED) is 0.158. The molecule has 9 rings (SSSR count). The van der Waals surface area contributed by atoms with Gasteiger partial charge in [-0.15, -0.1) is 0 Å². The van der Waals surface area contributed by atoms with E-state index in [9.17, 15) is 26.3 Å². The van der Waals surface area contributed by atoms with Crippen LogP contribution in [0.1, 0.15) is 22.3 Å². The van der Waals surface area contributed by atoms with Crippen molar-refractivity contribution in [2.45, 2.75) is 26.2 Å². The molecule has 0 aliphatic heterocycles. The van der Waals surface area contributed by atoms with Gasteiger partial charge < -0.3 is 4.57 Å². The number of nitrogens with zero attached hydrogens (tertiary/aromatic N) is 4. The molecule has 59 heavy (non-hydrogen) atoms. The van der Waals surface area contributed by atoms with E-state index in [2.05, 4.69) is 24.3 Å². The molecule has 0 saturated carbocycles. The van der Waals surface area contributed by atoms with Crippen LogP contribution < -0.4 is 0 Å². The summed E-state index contributed by atoms with van der Waals surface area (Å²) in [7, 11) is 0. The van der Waals surface area contributed by atoms with Crippen molar-refractivity contribution in [1.82, 2.24) is 19.5 Å². The molecule has 0 saturated heterocycles. The summed E-state index contributed by atoms with van der Waals surface area (Å²) in [4.78, 5) is 14.8. The number of alkyl halides is 6. The molecule has 10 heteroatoms. The molecule has 0 unspecified atom stereocenters. The number of benzene rings is 7. The number of para-hydroxylation sites is 1. The number of aryl methyl sites for hydroxylation is 2. The third-order valence-electron chi connectivity index (χ3n) is 10.5. The number of fused-ring (bicyclic) bond motifs is 3. The zero-order valence-corrected chi connectivity index (χ0v) is 31.6. The van der Waals surface area contributed by atoms with Crippen LogP contribution in [-0.4, -0.2) is 19.5 Å². The normalized spacial score (nSPS) is 12.1. The summed E-state index contributed by atoms with van der Waals surface area (Å²) in [6, 6.07) is 45.2. The summed E-state index contributed by atoms with van der Waals surface area (Å²) in [5, 5.41) is 1.78. The van der Waals surface area contributed by atoms with Crippen LogP contribution in [0.15, 0.2) is 158 Å². The maximum absolute atomic E-state index is 14.7. The third kappa shape index (κ3) is 7.01. The van der Waals surface area contributed by atoms with Gasteiger partial charge in [0.15, 0.2) is 17.5 Å². The van der Waals surface area contributed by atoms with E-state index in [1.807, 2.05) is 115 Å². The minimum Gasteiger partial charge on any atom is -0.308 e. The number of halogens is 6. The standard InChI is InChI=1S/C49H32F6N4/c1-29-17-21-36(30(2)25-29)33-18-22-39-38-15-9-10-16-42(38)59(43(39)26-33)44-27-34(37-24-20-35(48(50,51)52)28-41(37)49(53,54)55)19-23-40(44)47-57-45(31-11-5-3-6-12-31)56-46(58-47)32-13-7-4-8-14-32/h3-28H,1-2H3. The summed E-state index contributed by atoms with van der Waals surface area (Å²) >= 11 is 0. The van der Waals surface area contributed by atoms with Crippen LogP contribution in [0.25, 0.3) is 83.9 Å². The molecule has 2 heterocycles. The van der Waals surface area contributed by atoms with Gasteiger partial charge in [0, 0.05) is 27.5 Å². The van der Waals surface area contributed by atoms with Gasteiger partial charge in [-0.1, -0.05) is 127 Å². The highest BCUT2D eigenvalue weighted by Crippen LogP contribution is 2.44. The van der Waals surface area contributed by atoms with Gasteiger partial charge in [0.25, 0.3) is 0 Å². The van der Waals surface area contributed by atoms with Crippen molar-refractivity contribution < 1.29 is 26.3 Å². The topological polar surface area (TPSA) is 43.6 Å². The molecule has 0 aliphatic carbocycles. The van der Waals surface area contributed by atoms with E-state index < -0.39 is 29.0 Å². The number of rotatable bonds is 6. The maximum Gasteiger partial charge on any atom is 0.417 e. The van der Waals surface area contributed by atoms with Gasteiger partial charge in [0.2, 0.25) is 0 Å². The van der Waals surface area contributed by atoms with Gasteiger partial charge in [-0.05, 0) is 78.1 Å². The maximum atomic E-state index is 14.7. The van der Waals surface area contributed by atoms with Gasteiger partial charge in [-0.25, -0.2) is 15.0 Å². The Morgan fingerprint density at radius 2 is 0.983 bits per heavy atom. The fraction of sp³-hybridized carbons (Fsp3) is 0.0816. The van der Waals surface area contributed by atoms with E-state index in [-0.39, 0.29) is 17.5 Å². The lowest BCUT2D eigenvalue weighted by molar-refractivity contribution is -0.142. The summed E-state index contributed by atoms with van der Waals surface area (Å²) in [6.45, 7) is 4.07. The minimum atomic E-state index is -5.09. The molecule has 9 aromatic rings. The van der Waals surface area contributed by atoms with E-state index in [0.717, 1.165) is 61.3 Å². The molecular weight excluding hydrogens is 759 g/mol. The minimum absolute atomic E-state index is 0.0573. The molecule has 2 aromatic heterocycles. The van der Waals surface area contributed by atoms with Crippen LogP contribution in [0, 0.1) is 13.8 Å². The van der Waals surface area contributed by atoms with Crippen molar-refractivity contribution in [2.75, 3.05) is 0 Å². The number of hydrogen-bond acceptors (Lipinski definition) is 3. The Labute approximate surface area is 335 Å². The molecule has 0 fully saturated rings. The molecular formula is C49H32F6N4. The lowest BCUT2D eigenvalue weighted by atomic mass is 9.95. The van der Waals surface area contributed by atoms with Gasteiger partial charge >= 0.3 is 12.4 Å². The smallest absolute Gasteiger partial charge is 0.308 e. The van der Waals surface area contributed by atoms with Crippen LogP contribution in [-0.2, 0) is 12.4 Å². The monoisotopic (exact) mass is 790 g/mol. The average molecular weight is 791 g/mol. The lowest BCUT2D eigenvalue weighted by Crippen LogP contribution is -2.12. The Morgan fingerprint density at radius 3 is 1.63 bits per heavy atom. The molecule has 0 aliphatic rings. The van der Waals surface area contributed by atoms with E-state index in [0.29, 0.717) is 29.0 Å². The second-order valence-electron chi connectivity index (χ2n) is 14.4. The van der Waals surface area contributed by atoms with E-state index in [1.54, 1.807) is 12.1 Å². The van der Waals surface area contributed by atoms with Crippen molar-refractivity contribution in [3.63, 3.8) is 0 Å². The van der Waals surface area contributed by atoms with Crippen molar-refractivity contribution in [3.05, 3.63) is 180 Å². The first kappa shape index (κ1) is 37.5. The van der Waals surface area contributed by atoms with Crippen LogP contribution in [0.4, 0.5) is 26.3 Å². The highest BCUT2D eigenvalue weighted by molar-refractivity contribution is 6.11. The predicted molar refractivity (Wildman–Crippen MR) is 221 cm³/mol. The highest BCUT2D eigenvalue weighted by Gasteiger charge is 2.38. The van der Waals surface area contributed by atoms with Crippen molar-refractivity contribution in [3.8, 4) is 62.1 Å². The molecule has 0 amide bonds. The molecule has 0 spiro atoms. The summed E-state index contributed by atoms with van der Waals surface area (Å²) in [6.07, 6.45) is -10.1. The van der Waals surface area contributed by atoms with E-state index in [4.69, 9.17) is 15.0 Å². The first-order valence-electron chi connectivity index (χ1n) is 18.7. The van der Waals surface area contributed by atoms with Crippen molar-refractivity contribution >= 4 is 21.8 Å². The van der Waals surface area contributed by atoms with E-state index >= 15 is 0 Å². The Morgan fingerprint density at radius 1 is 0.424 bits per heavy atom. The molecule has 0 atom stereocenters. The summed E-state index contributed by atoms with van der Waals surface area (Å²) in [5.74, 6) is 1.01. The predicted octanol–water partition coefficient (Wildman–Crippen LogP) is 14.0. The van der Waals surface area contributed by atoms with Gasteiger partial charge in [-0.3, -0.25) is 0 Å². The Kier molecular flexibility index (Phi) is 9.15. The Hall–Kier alpha value is -7.07. The van der Waals surface area contributed by atoms with Crippen molar-refractivity contribution in [2.24, 2.45) is 0 Å². The Balaban J connectivity index is 1.38. The van der Waals surface area contributed by atoms with Crippen LogP contribution in [0.2, 0.25) is 0 Å². The van der Waals surface area contributed by atoms with Gasteiger partial charge in [0.1, 0.15) is 0 Å². The van der Waals surface area contributed by atoms with Crippen molar-refractivity contribution in [1.29, 1.82) is 0 Å². The molecule has 0 bridgehead atoms. The van der Waals surface area contributed by atoms with E-state index in [1.165, 1.54) is 6.07 Å². The second kappa shape index (κ2) is 14.4. The van der Waals surface area contributed by atoms with Gasteiger partial charge in [0.05, 0.1) is 27.8 Å². The number of hydrogen-bond donors (Lipinski definition) is 0. The first-order chi connectivity index (χ1) is 28.3. The number of aromatic nitrogens is 4. The van der Waals surface area contributed by atoms with Gasteiger partial charge in [-0.2, -0.15) is 26.3 Å². The first-order valence-corrected chi connectivity index (χ1v) is 18.7. The summed E-state index contributed by atoms with van der Waals surface area (Å²) < 4.78 is 87.5. The fourth-order valence-electron chi connectivity index (χ4n) is 7.74. The van der Waals surface area contributed by atoms with Crippen LogP contribution in [0.3, 0.4) is 0 Å². The average Bonchev–Trinajstić information content (AvgIpc) is 3.56. The SMILES string of the molecule is Cc1ccc(-c2ccc3c4ccccc4n(-c4cc(-c5ccc(C(F)(F)F)cc5C(F)(F)F)ccc4-c4nc(-c5ccccc5)nc(-c5ccccc5)n4)c3c2)c(C)c1. The zero-order valence-electron chi connectivity index (χ0n) is 31.6. The molecule has 0 radical (unpaired) electrons. The van der Waals surface area contributed by atoms with Crippen LogP contribution >= 0.6 is 0 Å². The fourth-order valence-corrected chi connectivity index (χ4v) is 7.74. The molecule has 4 nitrogen and oxygen atoms in total. The molecule has 290 valence electrons. The largest absolute Gasteiger partial charge is 0.417 e. The molecule has 7 aromatic carbocycles. The zero-order chi connectivity index (χ0) is 41.1. The Bertz CT molecular complexity index is 2980. The third-order valence-corrected chi connectivity index (χ3v) is 10.5. The second-order valence-corrected chi connectivity index (χ2v) is 14.4. The highest BCUT2D eigenvalue weighted by atomic mass is 19.4. The summed E-state index contributed by atoms with van der Waals surface area (Å²) in [5.41, 5.74) is 4.84.